The van der Waals surface area contributed by atoms with Crippen molar-refractivity contribution < 1.29 is 22.3 Å². The summed E-state index contributed by atoms with van der Waals surface area (Å²) in [5, 5.41) is 2.65. The minimum Gasteiger partial charge on any atom is -0.496 e. The number of benzene rings is 3. The van der Waals surface area contributed by atoms with Crippen LogP contribution in [0.5, 0.6) is 5.75 Å². The van der Waals surface area contributed by atoms with Crippen LogP contribution in [0.3, 0.4) is 0 Å². The van der Waals surface area contributed by atoms with Gasteiger partial charge >= 0.3 is 0 Å². The van der Waals surface area contributed by atoms with E-state index in [2.05, 4.69) is 19.2 Å². The van der Waals surface area contributed by atoms with Gasteiger partial charge in [0, 0.05) is 0 Å². The van der Waals surface area contributed by atoms with Gasteiger partial charge in [-0.3, -0.25) is 9.10 Å². The first kappa shape index (κ1) is 27.5. The topological polar surface area (TPSA) is 75.7 Å². The van der Waals surface area contributed by atoms with Gasteiger partial charge < -0.3 is 10.1 Å². The van der Waals surface area contributed by atoms with Crippen molar-refractivity contribution in [3.63, 3.8) is 0 Å². The van der Waals surface area contributed by atoms with Crippen LogP contribution in [0, 0.1) is 12.7 Å². The summed E-state index contributed by atoms with van der Waals surface area (Å²) in [6.07, 6.45) is 0. The lowest BCUT2D eigenvalue weighted by Crippen LogP contribution is -2.41. The Kier molecular flexibility index (Phi) is 8.63. The Morgan fingerprint density at radius 2 is 1.72 bits per heavy atom. The maximum Gasteiger partial charge on any atom is 0.264 e. The van der Waals surface area contributed by atoms with Crippen LogP contribution < -0.4 is 14.4 Å². The zero-order valence-electron chi connectivity index (χ0n) is 20.9. The fraction of sp³-hybridized carbons (Fsp3) is 0.296. The van der Waals surface area contributed by atoms with E-state index < -0.39 is 34.3 Å². The third-order valence-electron chi connectivity index (χ3n) is 5.89. The summed E-state index contributed by atoms with van der Waals surface area (Å²) >= 11 is 5.93. The molecule has 1 atom stereocenters. The van der Waals surface area contributed by atoms with E-state index in [0.29, 0.717) is 0 Å². The molecule has 0 aromatic heterocycles. The number of methoxy groups -OCH3 is 1. The molecular weight excluding hydrogens is 503 g/mol. The van der Waals surface area contributed by atoms with Crippen molar-refractivity contribution in [2.75, 3.05) is 18.0 Å². The Labute approximate surface area is 217 Å². The third-order valence-corrected chi connectivity index (χ3v) is 7.97. The molecule has 6 nitrogen and oxygen atoms in total. The number of nitrogens with one attached hydrogen (secondary N) is 1. The average Bonchev–Trinajstić information content (AvgIpc) is 2.84. The van der Waals surface area contributed by atoms with E-state index in [-0.39, 0.29) is 21.5 Å². The van der Waals surface area contributed by atoms with Crippen LogP contribution in [0.15, 0.2) is 65.6 Å². The van der Waals surface area contributed by atoms with Crippen LogP contribution in [0.4, 0.5) is 10.1 Å². The maximum atomic E-state index is 13.8. The largest absolute Gasteiger partial charge is 0.496 e. The zero-order valence-corrected chi connectivity index (χ0v) is 22.5. The predicted molar refractivity (Wildman–Crippen MR) is 141 cm³/mol. The van der Waals surface area contributed by atoms with E-state index in [4.69, 9.17) is 16.3 Å². The number of nitrogens with zero attached hydrogens (tertiary/aromatic N) is 1. The Balaban J connectivity index is 1.93. The number of ether oxygens (including phenoxy) is 1. The number of hydrogen-bond donors (Lipinski definition) is 1. The lowest BCUT2D eigenvalue weighted by molar-refractivity contribution is -0.120. The summed E-state index contributed by atoms with van der Waals surface area (Å²) in [5.41, 5.74) is 2.92. The normalized spacial score (nSPS) is 12.3. The van der Waals surface area contributed by atoms with Crippen LogP contribution in [-0.4, -0.2) is 28.0 Å². The predicted octanol–water partition coefficient (Wildman–Crippen LogP) is 5.99. The minimum absolute atomic E-state index is 0.00105. The fourth-order valence-electron chi connectivity index (χ4n) is 3.98. The molecule has 1 unspecified atom stereocenters. The molecule has 0 aliphatic heterocycles. The lowest BCUT2D eigenvalue weighted by Gasteiger charge is -2.26. The first-order chi connectivity index (χ1) is 16.9. The highest BCUT2D eigenvalue weighted by atomic mass is 35.5. The molecule has 0 fully saturated rings. The second-order valence-corrected chi connectivity index (χ2v) is 11.1. The quantitative estimate of drug-likeness (QED) is 0.367. The van der Waals surface area contributed by atoms with Crippen LogP contribution in [0.2, 0.25) is 5.02 Å². The van der Waals surface area contributed by atoms with E-state index >= 15 is 0 Å². The maximum absolute atomic E-state index is 13.8. The monoisotopic (exact) mass is 532 g/mol. The smallest absolute Gasteiger partial charge is 0.264 e. The number of amides is 1. The highest BCUT2D eigenvalue weighted by molar-refractivity contribution is 7.92. The summed E-state index contributed by atoms with van der Waals surface area (Å²) in [7, 11) is -2.52. The molecule has 0 aliphatic carbocycles. The van der Waals surface area contributed by atoms with Gasteiger partial charge in [0.2, 0.25) is 5.91 Å². The second-order valence-electron chi connectivity index (χ2n) is 8.82. The number of hydrogen-bond acceptors (Lipinski definition) is 4. The van der Waals surface area contributed by atoms with Crippen LogP contribution >= 0.6 is 11.6 Å². The van der Waals surface area contributed by atoms with Gasteiger partial charge in [0.1, 0.15) is 18.1 Å². The van der Waals surface area contributed by atoms with E-state index in [9.17, 15) is 17.6 Å². The third kappa shape index (κ3) is 5.99. The van der Waals surface area contributed by atoms with E-state index in [0.717, 1.165) is 32.8 Å². The first-order valence-corrected chi connectivity index (χ1v) is 13.3. The molecule has 36 heavy (non-hydrogen) atoms. The molecule has 0 spiro atoms. The van der Waals surface area contributed by atoms with Crippen LogP contribution in [0.25, 0.3) is 0 Å². The molecule has 1 N–H and O–H groups in total. The Morgan fingerprint density at radius 1 is 1.06 bits per heavy atom. The van der Waals surface area contributed by atoms with Crippen molar-refractivity contribution in [2.24, 2.45) is 0 Å². The number of aryl methyl sites for hydroxylation is 1. The molecule has 0 bridgehead atoms. The number of carbonyl (C=O) groups is 1. The standard InChI is InChI=1S/C27H30ClFN2O4S/c1-17(2)22-15-23(18(3)13-26(22)35-5)19(4)30-27(32)16-31(20-11-12-25(29)24(28)14-20)36(33,34)21-9-7-6-8-10-21/h6-15,17,19H,16H2,1-5H3,(H,30,32). The van der Waals surface area contributed by atoms with Crippen molar-refractivity contribution in [1.29, 1.82) is 0 Å². The van der Waals surface area contributed by atoms with Crippen molar-refractivity contribution >= 4 is 33.2 Å². The van der Waals surface area contributed by atoms with Crippen molar-refractivity contribution in [3.05, 3.63) is 88.2 Å². The molecule has 3 aromatic rings. The van der Waals surface area contributed by atoms with Gasteiger partial charge in [-0.1, -0.05) is 43.6 Å². The summed E-state index contributed by atoms with van der Waals surface area (Å²) < 4.78 is 47.1. The molecule has 9 heteroatoms. The molecule has 3 rings (SSSR count). The number of carbonyl (C=O) groups excluding carboxylic acids is 1. The van der Waals surface area contributed by atoms with E-state index in [1.807, 2.05) is 26.0 Å². The van der Waals surface area contributed by atoms with Gasteiger partial charge in [0.15, 0.2) is 0 Å². The highest BCUT2D eigenvalue weighted by Crippen LogP contribution is 2.32. The summed E-state index contributed by atoms with van der Waals surface area (Å²) in [5.74, 6) is -0.231. The Morgan fingerprint density at radius 3 is 2.31 bits per heavy atom. The lowest BCUT2D eigenvalue weighted by atomic mass is 9.93. The van der Waals surface area contributed by atoms with Gasteiger partial charge in [-0.15, -0.1) is 0 Å². The molecule has 1 amide bonds. The van der Waals surface area contributed by atoms with Gasteiger partial charge in [-0.25, -0.2) is 12.8 Å². The van der Waals surface area contributed by atoms with Gasteiger partial charge in [0.25, 0.3) is 10.0 Å². The van der Waals surface area contributed by atoms with Crippen LogP contribution in [-0.2, 0) is 14.8 Å². The number of sulfonamides is 1. The van der Waals surface area contributed by atoms with Crippen molar-refractivity contribution in [3.8, 4) is 5.75 Å². The molecule has 0 heterocycles. The molecule has 192 valence electrons. The molecule has 0 aliphatic rings. The Bertz CT molecular complexity index is 1350. The molecule has 3 aromatic carbocycles. The SMILES string of the molecule is COc1cc(C)c(C(C)NC(=O)CN(c2ccc(F)c(Cl)c2)S(=O)(=O)c2ccccc2)cc1C(C)C. The van der Waals surface area contributed by atoms with E-state index in [1.54, 1.807) is 25.3 Å². The van der Waals surface area contributed by atoms with Crippen molar-refractivity contribution in [2.45, 2.75) is 44.6 Å². The first-order valence-electron chi connectivity index (χ1n) is 11.5. The fourth-order valence-corrected chi connectivity index (χ4v) is 5.59. The summed E-state index contributed by atoms with van der Waals surface area (Å²) in [4.78, 5) is 13.1. The average molecular weight is 533 g/mol. The summed E-state index contributed by atoms with van der Waals surface area (Å²) in [6.45, 7) is 7.36. The van der Waals surface area contributed by atoms with E-state index in [1.165, 1.54) is 24.3 Å². The highest BCUT2D eigenvalue weighted by Gasteiger charge is 2.28. The molecule has 0 radical (unpaired) electrons. The summed E-state index contributed by atoms with van der Waals surface area (Å²) in [6, 6.07) is 14.8. The molecular formula is C27H30ClFN2O4S. The second kappa shape index (κ2) is 11.3. The van der Waals surface area contributed by atoms with Crippen LogP contribution in [0.1, 0.15) is 49.4 Å². The molecule has 0 saturated carbocycles. The number of halogens is 2. The number of rotatable bonds is 9. The van der Waals surface area contributed by atoms with Gasteiger partial charge in [-0.2, -0.15) is 0 Å². The van der Waals surface area contributed by atoms with Gasteiger partial charge in [0.05, 0.1) is 28.8 Å². The number of anilines is 1. The zero-order chi connectivity index (χ0) is 26.6. The Hall–Kier alpha value is -3.10. The van der Waals surface area contributed by atoms with Gasteiger partial charge in [-0.05, 0) is 78.9 Å². The van der Waals surface area contributed by atoms with Crippen molar-refractivity contribution in [1.82, 2.24) is 5.32 Å². The molecule has 0 saturated heterocycles. The minimum atomic E-state index is -4.14.